The van der Waals surface area contributed by atoms with Crippen molar-refractivity contribution in [1.82, 2.24) is 10.2 Å². The van der Waals surface area contributed by atoms with Gasteiger partial charge in [0.25, 0.3) is 5.91 Å². The van der Waals surface area contributed by atoms with Gasteiger partial charge in [-0.15, -0.1) is 0 Å². The Kier molecular flexibility index (Phi) is 7.63. The number of halogens is 1. The van der Waals surface area contributed by atoms with E-state index in [0.717, 1.165) is 17.5 Å². The highest BCUT2D eigenvalue weighted by molar-refractivity contribution is 6.04. The molecule has 4 rings (SSSR count). The van der Waals surface area contributed by atoms with E-state index in [1.54, 1.807) is 24.3 Å². The monoisotopic (exact) mass is 489 g/mol. The third kappa shape index (κ3) is 5.71. The van der Waals surface area contributed by atoms with Crippen LogP contribution in [0.2, 0.25) is 0 Å². The highest BCUT2D eigenvalue weighted by Crippen LogP contribution is 2.35. The fourth-order valence-electron chi connectivity index (χ4n) is 4.05. The fourth-order valence-corrected chi connectivity index (χ4v) is 4.05. The van der Waals surface area contributed by atoms with Gasteiger partial charge in [0.15, 0.2) is 12.1 Å². The number of rotatable bonds is 8. The average Bonchev–Trinajstić information content (AvgIpc) is 3.20. The lowest BCUT2D eigenvalue weighted by molar-refractivity contribution is -0.126. The van der Waals surface area contributed by atoms with Crippen molar-refractivity contribution in [3.05, 3.63) is 101 Å². The first-order valence-corrected chi connectivity index (χ1v) is 11.8. The molecular weight excluding hydrogens is 461 g/mol. The van der Waals surface area contributed by atoms with Crippen molar-refractivity contribution in [1.29, 1.82) is 0 Å². The minimum absolute atomic E-state index is 0.223. The maximum Gasteiger partial charge on any atom is 0.411 e. The third-order valence-corrected chi connectivity index (χ3v) is 5.96. The highest BCUT2D eigenvalue weighted by Gasteiger charge is 2.46. The molecule has 2 atom stereocenters. The Balaban J connectivity index is 1.59. The van der Waals surface area contributed by atoms with Gasteiger partial charge < -0.3 is 15.4 Å². The predicted molar refractivity (Wildman–Crippen MR) is 134 cm³/mol. The Morgan fingerprint density at radius 3 is 2.44 bits per heavy atom. The van der Waals surface area contributed by atoms with Crippen LogP contribution in [0.1, 0.15) is 46.5 Å². The van der Waals surface area contributed by atoms with Gasteiger partial charge in [-0.3, -0.25) is 14.5 Å². The number of anilines is 1. The summed E-state index contributed by atoms with van der Waals surface area (Å²) in [5.74, 6) is -1.14. The van der Waals surface area contributed by atoms with Crippen LogP contribution in [-0.4, -0.2) is 35.4 Å². The van der Waals surface area contributed by atoms with Gasteiger partial charge in [-0.25, -0.2) is 9.18 Å². The molecule has 186 valence electrons. The van der Waals surface area contributed by atoms with Crippen molar-refractivity contribution in [2.75, 3.05) is 11.9 Å². The quantitative estimate of drug-likeness (QED) is 0.468. The number of nitrogens with one attached hydrogen (secondary N) is 2. The maximum atomic E-state index is 13.2. The maximum absolute atomic E-state index is 13.2. The zero-order valence-electron chi connectivity index (χ0n) is 20.2. The normalized spacial score (nSPS) is 17.0. The number of hydrogen-bond acceptors (Lipinski definition) is 4. The number of cyclic esters (lactones) is 1. The molecule has 3 aromatic rings. The largest absolute Gasteiger partial charge is 0.438 e. The van der Waals surface area contributed by atoms with E-state index in [2.05, 4.69) is 10.6 Å². The minimum Gasteiger partial charge on any atom is -0.438 e. The van der Waals surface area contributed by atoms with E-state index in [-0.39, 0.29) is 12.5 Å². The minimum atomic E-state index is -0.881. The van der Waals surface area contributed by atoms with Gasteiger partial charge in [0.2, 0.25) is 5.91 Å². The number of benzene rings is 3. The second kappa shape index (κ2) is 11.0. The molecule has 1 fully saturated rings. The number of aryl methyl sites for hydroxylation is 1. The van der Waals surface area contributed by atoms with E-state index in [4.69, 9.17) is 4.74 Å². The second-order valence-electron chi connectivity index (χ2n) is 8.74. The van der Waals surface area contributed by atoms with Gasteiger partial charge in [0.05, 0.1) is 6.54 Å². The number of amides is 3. The summed E-state index contributed by atoms with van der Waals surface area (Å²) in [6, 6.07) is 18.9. The molecule has 8 heteroatoms. The second-order valence-corrected chi connectivity index (χ2v) is 8.74. The average molecular weight is 490 g/mol. The lowest BCUT2D eigenvalue weighted by Gasteiger charge is -2.24. The summed E-state index contributed by atoms with van der Waals surface area (Å²) in [5.41, 5.74) is 3.31. The molecule has 2 N–H and O–H groups in total. The summed E-state index contributed by atoms with van der Waals surface area (Å²) in [5, 5.41) is 5.65. The van der Waals surface area contributed by atoms with Gasteiger partial charge in [-0.1, -0.05) is 48.9 Å². The molecule has 0 radical (unpaired) electrons. The van der Waals surface area contributed by atoms with E-state index in [1.165, 1.54) is 29.2 Å². The molecular formula is C28H28FN3O4. The lowest BCUT2D eigenvalue weighted by atomic mass is 10.00. The van der Waals surface area contributed by atoms with Crippen LogP contribution in [0.25, 0.3) is 0 Å². The summed E-state index contributed by atoms with van der Waals surface area (Å²) in [4.78, 5) is 40.1. The van der Waals surface area contributed by atoms with Crippen LogP contribution in [0.15, 0.2) is 72.8 Å². The van der Waals surface area contributed by atoms with Gasteiger partial charge in [0, 0.05) is 17.8 Å². The summed E-state index contributed by atoms with van der Waals surface area (Å²) < 4.78 is 18.9. The Morgan fingerprint density at radius 2 is 1.75 bits per heavy atom. The van der Waals surface area contributed by atoms with Crippen molar-refractivity contribution in [3.63, 3.8) is 0 Å². The van der Waals surface area contributed by atoms with Crippen LogP contribution >= 0.6 is 0 Å². The topological polar surface area (TPSA) is 87.7 Å². The van der Waals surface area contributed by atoms with Crippen LogP contribution < -0.4 is 10.6 Å². The van der Waals surface area contributed by atoms with Crippen molar-refractivity contribution in [3.8, 4) is 0 Å². The number of carbonyl (C=O) groups is 3. The van der Waals surface area contributed by atoms with Crippen molar-refractivity contribution in [2.24, 2.45) is 0 Å². The van der Waals surface area contributed by atoms with Crippen LogP contribution in [0.4, 0.5) is 14.9 Å². The molecule has 0 spiro atoms. The summed E-state index contributed by atoms with van der Waals surface area (Å²) >= 11 is 0. The first kappa shape index (κ1) is 24.9. The van der Waals surface area contributed by atoms with Crippen molar-refractivity contribution >= 4 is 23.6 Å². The number of nitrogens with zero attached hydrogens (tertiary/aromatic N) is 1. The Bertz CT molecular complexity index is 1240. The molecule has 0 bridgehead atoms. The molecule has 1 aliphatic heterocycles. The Morgan fingerprint density at radius 1 is 1.03 bits per heavy atom. The molecule has 0 aliphatic carbocycles. The first-order chi connectivity index (χ1) is 17.4. The first-order valence-electron chi connectivity index (χ1n) is 11.8. The smallest absolute Gasteiger partial charge is 0.411 e. The number of hydrogen-bond donors (Lipinski definition) is 2. The molecule has 3 amide bonds. The highest BCUT2D eigenvalue weighted by atomic mass is 19.1. The van der Waals surface area contributed by atoms with Crippen molar-refractivity contribution in [2.45, 2.75) is 39.0 Å². The standard InChI is InChI=1S/C28H28FN3O4/c1-3-15-30-27(34)24-25(36-28(35)32(24)17-19-9-7-18(2)8-10-19)21-5-4-6-23(16-21)31-26(33)20-11-13-22(29)14-12-20/h4-14,16,24-25H,3,15,17H2,1-2H3,(H,30,34)(H,31,33)/t24-,25-/m0/s1. The SMILES string of the molecule is CCCNC(=O)[C@@H]1[C@H](c2cccc(NC(=O)c3ccc(F)cc3)c2)OC(=O)N1Cc1ccc(C)cc1. The summed E-state index contributed by atoms with van der Waals surface area (Å²) in [6.45, 7) is 4.63. The molecule has 1 saturated heterocycles. The van der Waals surface area contributed by atoms with Crippen LogP contribution in [0, 0.1) is 12.7 Å². The molecule has 1 aliphatic rings. The number of ether oxygens (including phenoxy) is 1. The van der Waals surface area contributed by atoms with Crippen molar-refractivity contribution < 1.29 is 23.5 Å². The zero-order valence-corrected chi connectivity index (χ0v) is 20.2. The predicted octanol–water partition coefficient (Wildman–Crippen LogP) is 4.97. The van der Waals surface area contributed by atoms with E-state index >= 15 is 0 Å². The summed E-state index contributed by atoms with van der Waals surface area (Å²) in [7, 11) is 0. The Labute approximate surface area is 209 Å². The van der Waals surface area contributed by atoms with E-state index in [1.807, 2.05) is 38.1 Å². The van der Waals surface area contributed by atoms with E-state index in [9.17, 15) is 18.8 Å². The molecule has 0 unspecified atom stereocenters. The molecule has 0 saturated carbocycles. The lowest BCUT2D eigenvalue weighted by Crippen LogP contribution is -2.46. The molecule has 36 heavy (non-hydrogen) atoms. The van der Waals surface area contributed by atoms with Crippen LogP contribution in [0.3, 0.4) is 0 Å². The fraction of sp³-hybridized carbons (Fsp3) is 0.250. The van der Waals surface area contributed by atoms with Gasteiger partial charge in [-0.2, -0.15) is 0 Å². The van der Waals surface area contributed by atoms with Crippen LogP contribution in [-0.2, 0) is 16.1 Å². The van der Waals surface area contributed by atoms with Gasteiger partial charge in [-0.05, 0) is 60.9 Å². The Hall–Kier alpha value is -4.20. The summed E-state index contributed by atoms with van der Waals surface area (Å²) in [6.07, 6.45) is -0.693. The molecule has 3 aromatic carbocycles. The van der Waals surface area contributed by atoms with Crippen LogP contribution in [0.5, 0.6) is 0 Å². The molecule has 7 nitrogen and oxygen atoms in total. The molecule has 0 aromatic heterocycles. The van der Waals surface area contributed by atoms with E-state index in [0.29, 0.717) is 23.4 Å². The zero-order chi connectivity index (χ0) is 25.7. The van der Waals surface area contributed by atoms with Gasteiger partial charge >= 0.3 is 6.09 Å². The number of carbonyl (C=O) groups excluding carboxylic acids is 3. The molecule has 1 heterocycles. The van der Waals surface area contributed by atoms with E-state index < -0.39 is 30.0 Å². The van der Waals surface area contributed by atoms with Gasteiger partial charge in [0.1, 0.15) is 5.82 Å². The third-order valence-electron chi connectivity index (χ3n) is 5.96.